The minimum atomic E-state index is -0.628. The number of aromatic nitrogens is 3. The molecular formula is C24H22FN5O2S. The summed E-state index contributed by atoms with van der Waals surface area (Å²) >= 11 is 1.28. The second-order valence-electron chi connectivity index (χ2n) is 8.09. The third-order valence-corrected chi connectivity index (χ3v) is 5.24. The van der Waals surface area contributed by atoms with E-state index >= 15 is 0 Å². The first-order chi connectivity index (χ1) is 15.8. The molecule has 0 aliphatic rings. The number of amides is 1. The summed E-state index contributed by atoms with van der Waals surface area (Å²) in [6, 6.07) is 17.4. The number of hydrogen-bond acceptors (Lipinski definition) is 7. The van der Waals surface area contributed by atoms with Crippen LogP contribution in [0.5, 0.6) is 0 Å². The number of nitrogens with zero attached hydrogens (tertiary/aromatic N) is 3. The molecular weight excluding hydrogens is 441 g/mol. The highest BCUT2D eigenvalue weighted by Crippen LogP contribution is 2.38. The summed E-state index contributed by atoms with van der Waals surface area (Å²) in [6.07, 6.45) is 1.03. The van der Waals surface area contributed by atoms with Crippen LogP contribution in [0, 0.1) is 5.82 Å². The van der Waals surface area contributed by atoms with Crippen LogP contribution in [0.15, 0.2) is 66.9 Å². The van der Waals surface area contributed by atoms with Crippen LogP contribution in [0.2, 0.25) is 0 Å². The van der Waals surface area contributed by atoms with Gasteiger partial charge in [0.05, 0.1) is 16.3 Å². The predicted octanol–water partition coefficient (Wildman–Crippen LogP) is 6.50. The van der Waals surface area contributed by atoms with Gasteiger partial charge >= 0.3 is 6.09 Å². The molecule has 4 aromatic rings. The van der Waals surface area contributed by atoms with Crippen molar-refractivity contribution in [2.75, 3.05) is 10.6 Å². The van der Waals surface area contributed by atoms with Crippen LogP contribution >= 0.6 is 11.3 Å². The van der Waals surface area contributed by atoms with E-state index in [4.69, 9.17) is 4.74 Å². The number of rotatable bonds is 5. The highest BCUT2D eigenvalue weighted by molar-refractivity contribution is 7.19. The van der Waals surface area contributed by atoms with E-state index in [2.05, 4.69) is 25.6 Å². The lowest BCUT2D eigenvalue weighted by molar-refractivity contribution is 0.0636. The zero-order chi connectivity index (χ0) is 23.4. The molecule has 0 unspecified atom stereocenters. The monoisotopic (exact) mass is 463 g/mol. The summed E-state index contributed by atoms with van der Waals surface area (Å²) in [5.74, 6) is -0.0463. The Morgan fingerprint density at radius 3 is 2.55 bits per heavy atom. The van der Waals surface area contributed by atoms with E-state index in [0.717, 1.165) is 10.4 Å². The Bertz CT molecular complexity index is 1270. The SMILES string of the molecule is CC(C)(C)OC(=O)Nc1nc(-c2ccccc2)c(-c2ccnc(Nc3cccc(F)c3)n2)s1. The Morgan fingerprint density at radius 1 is 1.03 bits per heavy atom. The van der Waals surface area contributed by atoms with Crippen molar-refractivity contribution in [2.24, 2.45) is 0 Å². The van der Waals surface area contributed by atoms with Gasteiger partial charge in [-0.05, 0) is 45.0 Å². The highest BCUT2D eigenvalue weighted by atomic mass is 32.1. The number of carbonyl (C=O) groups excluding carboxylic acids is 1. The first kappa shape index (κ1) is 22.3. The average Bonchev–Trinajstić information content (AvgIpc) is 3.17. The topological polar surface area (TPSA) is 89.0 Å². The third kappa shape index (κ3) is 5.89. The molecule has 0 fully saturated rings. The molecule has 0 saturated heterocycles. The van der Waals surface area contributed by atoms with Crippen molar-refractivity contribution >= 4 is 34.2 Å². The van der Waals surface area contributed by atoms with Gasteiger partial charge < -0.3 is 10.1 Å². The number of halogens is 1. The summed E-state index contributed by atoms with van der Waals surface area (Å²) in [7, 11) is 0. The van der Waals surface area contributed by atoms with E-state index in [1.165, 1.54) is 23.5 Å². The Morgan fingerprint density at radius 2 is 1.82 bits per heavy atom. The Labute approximate surface area is 194 Å². The van der Waals surface area contributed by atoms with Gasteiger partial charge in [0.1, 0.15) is 11.4 Å². The number of thiazole rings is 1. The van der Waals surface area contributed by atoms with Crippen molar-refractivity contribution in [3.05, 3.63) is 72.7 Å². The summed E-state index contributed by atoms with van der Waals surface area (Å²) in [4.78, 5) is 26.5. The fourth-order valence-corrected chi connectivity index (χ4v) is 3.91. The molecule has 2 aromatic heterocycles. The van der Waals surface area contributed by atoms with Crippen LogP contribution < -0.4 is 10.6 Å². The molecule has 2 aromatic carbocycles. The lowest BCUT2D eigenvalue weighted by Gasteiger charge is -2.18. The molecule has 0 bridgehead atoms. The molecule has 0 atom stereocenters. The number of anilines is 3. The van der Waals surface area contributed by atoms with Gasteiger partial charge in [0.2, 0.25) is 5.95 Å². The molecule has 2 N–H and O–H groups in total. The van der Waals surface area contributed by atoms with Crippen LogP contribution in [0.1, 0.15) is 20.8 Å². The van der Waals surface area contributed by atoms with Crippen LogP contribution in [-0.4, -0.2) is 26.6 Å². The van der Waals surface area contributed by atoms with Gasteiger partial charge in [0.25, 0.3) is 0 Å². The van der Waals surface area contributed by atoms with E-state index in [9.17, 15) is 9.18 Å². The lowest BCUT2D eigenvalue weighted by Crippen LogP contribution is -2.27. The quantitative estimate of drug-likeness (QED) is 0.351. The van der Waals surface area contributed by atoms with Crippen LogP contribution in [-0.2, 0) is 4.74 Å². The zero-order valence-electron chi connectivity index (χ0n) is 18.3. The lowest BCUT2D eigenvalue weighted by atomic mass is 10.1. The minimum Gasteiger partial charge on any atom is -0.444 e. The molecule has 0 radical (unpaired) electrons. The Hall–Kier alpha value is -3.85. The van der Waals surface area contributed by atoms with Gasteiger partial charge in [-0.2, -0.15) is 0 Å². The maximum atomic E-state index is 13.5. The fraction of sp³-hybridized carbons (Fsp3) is 0.167. The van der Waals surface area contributed by atoms with Crippen molar-refractivity contribution < 1.29 is 13.9 Å². The van der Waals surface area contributed by atoms with E-state index in [1.807, 2.05) is 30.3 Å². The molecule has 0 spiro atoms. The fourth-order valence-electron chi connectivity index (χ4n) is 2.97. The van der Waals surface area contributed by atoms with Crippen molar-refractivity contribution in [1.29, 1.82) is 0 Å². The van der Waals surface area contributed by atoms with E-state index < -0.39 is 11.7 Å². The number of benzene rings is 2. The van der Waals surface area contributed by atoms with Gasteiger partial charge in [0.15, 0.2) is 5.13 Å². The maximum Gasteiger partial charge on any atom is 0.413 e. The first-order valence-corrected chi connectivity index (χ1v) is 11.0. The summed E-state index contributed by atoms with van der Waals surface area (Å²) in [6.45, 7) is 5.38. The summed E-state index contributed by atoms with van der Waals surface area (Å²) in [5, 5.41) is 6.10. The van der Waals surface area contributed by atoms with Crippen molar-refractivity contribution in [3.8, 4) is 21.8 Å². The first-order valence-electron chi connectivity index (χ1n) is 10.2. The van der Waals surface area contributed by atoms with E-state index in [0.29, 0.717) is 28.2 Å². The standard InChI is InChI=1S/C24H22FN5O2S/c1-24(2,3)32-23(31)30-22-29-19(15-8-5-4-6-9-15)20(33-22)18-12-13-26-21(28-18)27-17-11-7-10-16(25)14-17/h4-14H,1-3H3,(H,26,27,28)(H,29,30,31). The van der Waals surface area contributed by atoms with Gasteiger partial charge in [-0.1, -0.05) is 47.7 Å². The molecule has 9 heteroatoms. The molecule has 2 heterocycles. The normalized spacial score (nSPS) is 11.2. The minimum absolute atomic E-state index is 0.312. The summed E-state index contributed by atoms with van der Waals surface area (Å²) < 4.78 is 18.9. The third-order valence-electron chi connectivity index (χ3n) is 4.25. The molecule has 168 valence electrons. The zero-order valence-corrected chi connectivity index (χ0v) is 19.1. The van der Waals surface area contributed by atoms with E-state index in [-0.39, 0.29) is 5.82 Å². The van der Waals surface area contributed by atoms with E-state index in [1.54, 1.807) is 45.2 Å². The van der Waals surface area contributed by atoms with Gasteiger partial charge in [-0.25, -0.2) is 24.1 Å². The van der Waals surface area contributed by atoms with Gasteiger partial charge in [-0.3, -0.25) is 5.32 Å². The highest BCUT2D eigenvalue weighted by Gasteiger charge is 2.21. The average molecular weight is 464 g/mol. The number of carbonyl (C=O) groups is 1. The molecule has 0 aliphatic carbocycles. The van der Waals surface area contributed by atoms with Crippen LogP contribution in [0.25, 0.3) is 21.8 Å². The maximum absolute atomic E-state index is 13.5. The Balaban J connectivity index is 1.68. The predicted molar refractivity (Wildman–Crippen MR) is 128 cm³/mol. The molecule has 4 rings (SSSR count). The van der Waals surface area contributed by atoms with Gasteiger partial charge in [0, 0.05) is 17.4 Å². The molecule has 7 nitrogen and oxygen atoms in total. The summed E-state index contributed by atoms with van der Waals surface area (Å²) in [5.41, 5.74) is 2.06. The van der Waals surface area contributed by atoms with Crippen LogP contribution in [0.4, 0.5) is 26.0 Å². The van der Waals surface area contributed by atoms with Crippen molar-refractivity contribution in [1.82, 2.24) is 15.0 Å². The van der Waals surface area contributed by atoms with Crippen molar-refractivity contribution in [2.45, 2.75) is 26.4 Å². The smallest absolute Gasteiger partial charge is 0.413 e. The molecule has 0 saturated carbocycles. The largest absolute Gasteiger partial charge is 0.444 e. The second kappa shape index (κ2) is 9.33. The number of hydrogen-bond donors (Lipinski definition) is 2. The molecule has 0 aliphatic heterocycles. The van der Waals surface area contributed by atoms with Gasteiger partial charge in [-0.15, -0.1) is 0 Å². The second-order valence-corrected chi connectivity index (χ2v) is 9.09. The number of nitrogens with one attached hydrogen (secondary N) is 2. The number of ether oxygens (including phenoxy) is 1. The molecule has 1 amide bonds. The van der Waals surface area contributed by atoms with Crippen molar-refractivity contribution in [3.63, 3.8) is 0 Å². The molecule has 33 heavy (non-hydrogen) atoms. The Kier molecular flexibility index (Phi) is 6.32. The van der Waals surface area contributed by atoms with Crippen LogP contribution in [0.3, 0.4) is 0 Å².